The molecule has 66 valence electrons. The molecule has 0 amide bonds. The summed E-state index contributed by atoms with van der Waals surface area (Å²) in [5.41, 5.74) is 0.819. The van der Waals surface area contributed by atoms with E-state index in [9.17, 15) is 4.79 Å². The van der Waals surface area contributed by atoms with Gasteiger partial charge in [0, 0.05) is 11.5 Å². The normalized spacial score (nSPS) is 10.5. The Bertz CT molecular complexity index is 473. The number of halogens is 1. The van der Waals surface area contributed by atoms with Crippen LogP contribution in [0.15, 0.2) is 28.7 Å². The Morgan fingerprint density at radius 1 is 1.38 bits per heavy atom. The number of carbonyl (C=O) groups is 1. The third-order valence-electron chi connectivity index (χ3n) is 1.73. The third kappa shape index (κ3) is 1.38. The number of fused-ring (bicyclic) bond motifs is 1. The Kier molecular flexibility index (Phi) is 1.74. The molecular weight excluding hydrogens is 192 g/mol. The Balaban J connectivity index is 2.67. The summed E-state index contributed by atoms with van der Waals surface area (Å²) >= 11 is 5.60. The van der Waals surface area contributed by atoms with Crippen molar-refractivity contribution in [2.75, 3.05) is 0 Å². The molecule has 1 aromatic heterocycles. The fourth-order valence-corrected chi connectivity index (χ4v) is 1.34. The molecule has 0 bridgehead atoms. The monoisotopic (exact) mass is 196 g/mol. The van der Waals surface area contributed by atoms with Gasteiger partial charge in [-0.15, -0.1) is 0 Å². The molecule has 13 heavy (non-hydrogen) atoms. The Morgan fingerprint density at radius 2 is 2.15 bits per heavy atom. The van der Waals surface area contributed by atoms with E-state index < -0.39 is 5.97 Å². The molecule has 1 N–H and O–H groups in total. The summed E-state index contributed by atoms with van der Waals surface area (Å²) < 4.78 is 5.08. The molecule has 0 unspecified atom stereocenters. The van der Waals surface area contributed by atoms with Crippen molar-refractivity contribution in [1.82, 2.24) is 0 Å². The van der Waals surface area contributed by atoms with Gasteiger partial charge in [-0.25, -0.2) is 4.79 Å². The van der Waals surface area contributed by atoms with Crippen molar-refractivity contribution >= 4 is 28.5 Å². The lowest BCUT2D eigenvalue weighted by Crippen LogP contribution is -1.94. The minimum absolute atomic E-state index is 0.227. The lowest BCUT2D eigenvalue weighted by molar-refractivity contribution is 0.0697. The highest BCUT2D eigenvalue weighted by Gasteiger charge is 2.06. The molecule has 0 saturated carbocycles. The zero-order valence-corrected chi connectivity index (χ0v) is 7.21. The third-order valence-corrected chi connectivity index (χ3v) is 1.92. The largest absolute Gasteiger partial charge is 0.478 e. The van der Waals surface area contributed by atoms with Crippen molar-refractivity contribution in [3.05, 3.63) is 35.0 Å². The van der Waals surface area contributed by atoms with Gasteiger partial charge >= 0.3 is 5.97 Å². The van der Waals surface area contributed by atoms with Crippen molar-refractivity contribution in [2.24, 2.45) is 0 Å². The highest BCUT2D eigenvalue weighted by molar-refractivity contribution is 6.29. The lowest BCUT2D eigenvalue weighted by atomic mass is 10.2. The molecule has 0 aliphatic rings. The molecule has 0 fully saturated rings. The molecule has 0 radical (unpaired) electrons. The van der Waals surface area contributed by atoms with E-state index in [1.54, 1.807) is 12.1 Å². The summed E-state index contributed by atoms with van der Waals surface area (Å²) in [7, 11) is 0. The van der Waals surface area contributed by atoms with Crippen LogP contribution in [-0.4, -0.2) is 11.1 Å². The predicted octanol–water partition coefficient (Wildman–Crippen LogP) is 2.78. The average Bonchev–Trinajstić information content (AvgIpc) is 2.42. The molecule has 1 heterocycles. The maximum absolute atomic E-state index is 10.6. The molecule has 3 nitrogen and oxygen atoms in total. The highest BCUT2D eigenvalue weighted by atomic mass is 35.5. The van der Waals surface area contributed by atoms with Crippen molar-refractivity contribution in [3.8, 4) is 0 Å². The van der Waals surface area contributed by atoms with Gasteiger partial charge in [-0.05, 0) is 29.8 Å². The SMILES string of the molecule is O=C(O)c1ccc2oc(Cl)cc2c1. The van der Waals surface area contributed by atoms with E-state index in [2.05, 4.69) is 0 Å². The molecule has 2 rings (SSSR count). The van der Waals surface area contributed by atoms with E-state index in [1.807, 2.05) is 0 Å². The number of aromatic carboxylic acids is 1. The van der Waals surface area contributed by atoms with Gasteiger partial charge in [-0.3, -0.25) is 0 Å². The molecule has 0 aliphatic carbocycles. The molecule has 2 aromatic rings. The second kappa shape index (κ2) is 2.78. The number of carboxylic acids is 1. The molecular formula is C9H5ClO3. The van der Waals surface area contributed by atoms with Gasteiger partial charge in [0.05, 0.1) is 5.56 Å². The summed E-state index contributed by atoms with van der Waals surface area (Å²) in [4.78, 5) is 10.6. The number of rotatable bonds is 1. The van der Waals surface area contributed by atoms with Crippen LogP contribution in [0.25, 0.3) is 11.0 Å². The van der Waals surface area contributed by atoms with E-state index in [0.717, 1.165) is 0 Å². The summed E-state index contributed by atoms with van der Waals surface area (Å²) in [6.45, 7) is 0. The van der Waals surface area contributed by atoms with Gasteiger partial charge in [-0.2, -0.15) is 0 Å². The van der Waals surface area contributed by atoms with Gasteiger partial charge in [0.25, 0.3) is 0 Å². The van der Waals surface area contributed by atoms with Crippen LogP contribution < -0.4 is 0 Å². The first-order chi connectivity index (χ1) is 6.16. The number of hydrogen-bond donors (Lipinski definition) is 1. The minimum atomic E-state index is -0.959. The second-order valence-corrected chi connectivity index (χ2v) is 2.98. The zero-order chi connectivity index (χ0) is 9.42. The van der Waals surface area contributed by atoms with Gasteiger partial charge in [-0.1, -0.05) is 0 Å². The summed E-state index contributed by atoms with van der Waals surface area (Å²) in [5.74, 6) is -0.959. The van der Waals surface area contributed by atoms with Crippen LogP contribution in [0, 0.1) is 0 Å². The number of furan rings is 1. The summed E-state index contributed by atoms with van der Waals surface area (Å²) in [6.07, 6.45) is 0. The van der Waals surface area contributed by atoms with Crippen LogP contribution in [0.2, 0.25) is 5.22 Å². The van der Waals surface area contributed by atoms with Gasteiger partial charge in [0.1, 0.15) is 5.58 Å². The predicted molar refractivity (Wildman–Crippen MR) is 48.2 cm³/mol. The minimum Gasteiger partial charge on any atom is -0.478 e. The van der Waals surface area contributed by atoms with Crippen LogP contribution in [0.3, 0.4) is 0 Å². The zero-order valence-electron chi connectivity index (χ0n) is 6.45. The maximum Gasteiger partial charge on any atom is 0.335 e. The van der Waals surface area contributed by atoms with Crippen LogP contribution in [-0.2, 0) is 0 Å². The van der Waals surface area contributed by atoms with E-state index in [4.69, 9.17) is 21.1 Å². The number of hydrogen-bond acceptors (Lipinski definition) is 2. The van der Waals surface area contributed by atoms with Crippen molar-refractivity contribution in [2.45, 2.75) is 0 Å². The van der Waals surface area contributed by atoms with Crippen LogP contribution in [0.4, 0.5) is 0 Å². The molecule has 0 aliphatic heterocycles. The van der Waals surface area contributed by atoms with Crippen LogP contribution in [0.1, 0.15) is 10.4 Å². The van der Waals surface area contributed by atoms with Crippen LogP contribution in [0.5, 0.6) is 0 Å². The fourth-order valence-electron chi connectivity index (χ4n) is 1.14. The van der Waals surface area contributed by atoms with Crippen molar-refractivity contribution in [3.63, 3.8) is 0 Å². The van der Waals surface area contributed by atoms with Gasteiger partial charge in [0.2, 0.25) is 0 Å². The number of carboxylic acid groups (broad SMARTS) is 1. The molecule has 1 aromatic carbocycles. The molecule has 0 saturated heterocycles. The Hall–Kier alpha value is -1.48. The first-order valence-corrected chi connectivity index (χ1v) is 3.97. The van der Waals surface area contributed by atoms with Gasteiger partial charge < -0.3 is 9.52 Å². The fraction of sp³-hybridized carbons (Fsp3) is 0. The smallest absolute Gasteiger partial charge is 0.335 e. The standard InChI is InChI=1S/C9H5ClO3/c10-8-4-6-3-5(9(11)12)1-2-7(6)13-8/h1-4H,(H,11,12). The van der Waals surface area contributed by atoms with E-state index in [-0.39, 0.29) is 10.8 Å². The lowest BCUT2D eigenvalue weighted by Gasteiger charge is -1.92. The first kappa shape index (κ1) is 8.13. The van der Waals surface area contributed by atoms with Crippen molar-refractivity contribution < 1.29 is 14.3 Å². The topological polar surface area (TPSA) is 50.4 Å². The molecule has 0 atom stereocenters. The first-order valence-electron chi connectivity index (χ1n) is 3.59. The molecule has 0 spiro atoms. The number of benzene rings is 1. The van der Waals surface area contributed by atoms with E-state index in [0.29, 0.717) is 11.0 Å². The highest BCUT2D eigenvalue weighted by Crippen LogP contribution is 2.23. The summed E-state index contributed by atoms with van der Waals surface area (Å²) in [6, 6.07) is 6.17. The molecule has 4 heteroatoms. The summed E-state index contributed by atoms with van der Waals surface area (Å²) in [5, 5.41) is 9.65. The van der Waals surface area contributed by atoms with Crippen molar-refractivity contribution in [1.29, 1.82) is 0 Å². The van der Waals surface area contributed by atoms with E-state index >= 15 is 0 Å². The average molecular weight is 197 g/mol. The Morgan fingerprint density at radius 3 is 2.85 bits per heavy atom. The van der Waals surface area contributed by atoms with E-state index in [1.165, 1.54) is 12.1 Å². The van der Waals surface area contributed by atoms with Crippen LogP contribution >= 0.6 is 11.6 Å². The second-order valence-electron chi connectivity index (χ2n) is 2.61. The van der Waals surface area contributed by atoms with Gasteiger partial charge in [0.15, 0.2) is 5.22 Å². The Labute approximate surface area is 78.5 Å². The quantitative estimate of drug-likeness (QED) is 0.763. The maximum atomic E-state index is 10.6.